The molecule has 7 nitrogen and oxygen atoms in total. The minimum Gasteiger partial charge on any atom is -0.453 e. The molecule has 4 atom stereocenters. The van der Waals surface area contributed by atoms with Gasteiger partial charge in [-0.25, -0.2) is 4.79 Å². The van der Waals surface area contributed by atoms with Crippen LogP contribution in [-0.2, 0) is 18.9 Å². The van der Waals surface area contributed by atoms with Crippen molar-refractivity contribution in [1.82, 2.24) is 0 Å². The number of carbonyl (C=O) groups is 1. The number of hydrogen-bond acceptors (Lipinski definition) is 7. The molecule has 1 fully saturated rings. The van der Waals surface area contributed by atoms with E-state index in [1.807, 2.05) is 0 Å². The van der Waals surface area contributed by atoms with Crippen molar-refractivity contribution in [3.63, 3.8) is 0 Å². The molecular formula is C15H19BrO7. The number of methoxy groups -OCH3 is 2. The lowest BCUT2D eigenvalue weighted by molar-refractivity contribution is -0.397. The van der Waals surface area contributed by atoms with Gasteiger partial charge in [0.05, 0.1) is 5.56 Å². The molecule has 0 bridgehead atoms. The second-order valence-corrected chi connectivity index (χ2v) is 5.72. The molecule has 1 aromatic rings. The van der Waals surface area contributed by atoms with Crippen LogP contribution < -0.4 is 0 Å². The Kier molecular flexibility index (Phi) is 6.12. The number of esters is 1. The van der Waals surface area contributed by atoms with Gasteiger partial charge in [0, 0.05) is 19.5 Å². The topological polar surface area (TPSA) is 94.5 Å². The Balaban J connectivity index is 2.24. The first-order valence-corrected chi connectivity index (χ1v) is 8.05. The zero-order chi connectivity index (χ0) is 17.0. The number of ether oxygens (including phenoxy) is 4. The Hall–Kier alpha value is -1.03. The van der Waals surface area contributed by atoms with Gasteiger partial charge in [-0.1, -0.05) is 34.1 Å². The van der Waals surface area contributed by atoms with Crippen molar-refractivity contribution >= 4 is 21.9 Å². The molecular weight excluding hydrogens is 372 g/mol. The predicted molar refractivity (Wildman–Crippen MR) is 83.1 cm³/mol. The van der Waals surface area contributed by atoms with E-state index in [0.29, 0.717) is 5.56 Å². The maximum absolute atomic E-state index is 12.3. The summed E-state index contributed by atoms with van der Waals surface area (Å²) >= 11 is 3.26. The molecule has 0 spiro atoms. The van der Waals surface area contributed by atoms with Gasteiger partial charge in [-0.2, -0.15) is 0 Å². The average Bonchev–Trinajstić information content (AvgIpc) is 2.55. The minimum atomic E-state index is -2.47. The van der Waals surface area contributed by atoms with Crippen LogP contribution in [0.15, 0.2) is 30.3 Å². The lowest BCUT2D eigenvalue weighted by atomic mass is 9.96. The highest BCUT2D eigenvalue weighted by Gasteiger charge is 2.57. The number of carbonyl (C=O) groups excluding carboxylic acids is 1. The molecule has 0 amide bonds. The summed E-state index contributed by atoms with van der Waals surface area (Å²) in [7, 11) is 2.57. The summed E-state index contributed by atoms with van der Waals surface area (Å²) in [4.78, 5) is 12.3. The quantitative estimate of drug-likeness (QED) is 0.433. The molecule has 1 aliphatic rings. The van der Waals surface area contributed by atoms with Crippen molar-refractivity contribution in [3.05, 3.63) is 35.9 Å². The van der Waals surface area contributed by atoms with E-state index >= 15 is 0 Å². The molecule has 0 saturated carbocycles. The standard InChI is InChI=1S/C15H19BrO7/c1-20-12-11(23-13(17)9-6-4-3-5-7-9)10(8-16)22-14(21-2)15(12,18)19/h3-7,10-12,14,18-19H,8H2,1-2H3/t10-,11-,12+,14+/m1/s1. The van der Waals surface area contributed by atoms with Crippen LogP contribution in [0.2, 0.25) is 0 Å². The lowest BCUT2D eigenvalue weighted by Gasteiger charge is -2.46. The van der Waals surface area contributed by atoms with Crippen LogP contribution in [0.25, 0.3) is 0 Å². The Morgan fingerprint density at radius 1 is 1.26 bits per heavy atom. The Labute approximate surface area is 142 Å². The summed E-state index contributed by atoms with van der Waals surface area (Å²) in [5.41, 5.74) is 0.339. The van der Waals surface area contributed by atoms with Crippen molar-refractivity contribution in [3.8, 4) is 0 Å². The summed E-state index contributed by atoms with van der Waals surface area (Å²) in [5.74, 6) is -3.08. The zero-order valence-corrected chi connectivity index (χ0v) is 14.3. The lowest BCUT2D eigenvalue weighted by Crippen LogP contribution is -2.68. The van der Waals surface area contributed by atoms with Crippen LogP contribution in [0.3, 0.4) is 0 Å². The van der Waals surface area contributed by atoms with Crippen molar-refractivity contribution in [2.45, 2.75) is 30.4 Å². The van der Waals surface area contributed by atoms with Gasteiger partial charge in [0.25, 0.3) is 0 Å². The third-order valence-electron chi connectivity index (χ3n) is 3.60. The predicted octanol–water partition coefficient (Wildman–Crippen LogP) is 0.674. The maximum Gasteiger partial charge on any atom is 0.338 e. The van der Waals surface area contributed by atoms with E-state index in [-0.39, 0.29) is 5.33 Å². The van der Waals surface area contributed by atoms with Crippen LogP contribution in [0, 0.1) is 0 Å². The molecule has 1 aliphatic heterocycles. The fourth-order valence-corrected chi connectivity index (χ4v) is 2.99. The molecule has 1 aromatic carbocycles. The molecule has 0 radical (unpaired) electrons. The van der Waals surface area contributed by atoms with Crippen molar-refractivity contribution in [2.24, 2.45) is 0 Å². The molecule has 2 rings (SSSR count). The number of alkyl halides is 1. The smallest absolute Gasteiger partial charge is 0.338 e. The molecule has 0 unspecified atom stereocenters. The van der Waals surface area contributed by atoms with Crippen LogP contribution in [0.5, 0.6) is 0 Å². The number of aliphatic hydroxyl groups is 2. The van der Waals surface area contributed by atoms with E-state index in [4.69, 9.17) is 18.9 Å². The number of benzene rings is 1. The molecule has 0 aromatic heterocycles. The third-order valence-corrected chi connectivity index (χ3v) is 4.24. The second kappa shape index (κ2) is 7.69. The third kappa shape index (κ3) is 3.73. The maximum atomic E-state index is 12.3. The van der Waals surface area contributed by atoms with Crippen molar-refractivity contribution in [1.29, 1.82) is 0 Å². The molecule has 1 heterocycles. The molecule has 23 heavy (non-hydrogen) atoms. The van der Waals surface area contributed by atoms with Crippen molar-refractivity contribution < 1.29 is 34.0 Å². The fraction of sp³-hybridized carbons (Fsp3) is 0.533. The Morgan fingerprint density at radius 2 is 1.91 bits per heavy atom. The molecule has 2 N–H and O–H groups in total. The van der Waals surface area contributed by atoms with Gasteiger partial charge >= 0.3 is 5.97 Å². The summed E-state index contributed by atoms with van der Waals surface area (Å²) in [6.07, 6.45) is -4.28. The fourth-order valence-electron chi connectivity index (χ4n) is 2.47. The number of rotatable bonds is 5. The summed E-state index contributed by atoms with van der Waals surface area (Å²) in [6, 6.07) is 8.37. The highest BCUT2D eigenvalue weighted by atomic mass is 79.9. The summed E-state index contributed by atoms with van der Waals surface area (Å²) in [5, 5.41) is 20.8. The summed E-state index contributed by atoms with van der Waals surface area (Å²) in [6.45, 7) is 0. The van der Waals surface area contributed by atoms with Crippen molar-refractivity contribution in [2.75, 3.05) is 19.5 Å². The molecule has 8 heteroatoms. The first-order chi connectivity index (χ1) is 11.0. The second-order valence-electron chi connectivity index (χ2n) is 5.07. The highest BCUT2D eigenvalue weighted by molar-refractivity contribution is 9.09. The van der Waals surface area contributed by atoms with Crippen LogP contribution in [0.4, 0.5) is 0 Å². The SMILES string of the molecule is CO[C@H]1O[C@H](CBr)[C@@H](OC(=O)c2ccccc2)[C@H](OC)C1(O)O. The van der Waals surface area contributed by atoms with Gasteiger partial charge in [0.2, 0.25) is 12.1 Å². The molecule has 0 aliphatic carbocycles. The van der Waals surface area contributed by atoms with Gasteiger partial charge in [-0.15, -0.1) is 0 Å². The van der Waals surface area contributed by atoms with E-state index in [1.165, 1.54) is 14.2 Å². The number of hydrogen-bond donors (Lipinski definition) is 2. The van der Waals surface area contributed by atoms with E-state index < -0.39 is 36.4 Å². The zero-order valence-electron chi connectivity index (χ0n) is 12.7. The van der Waals surface area contributed by atoms with E-state index in [1.54, 1.807) is 30.3 Å². The largest absolute Gasteiger partial charge is 0.453 e. The summed E-state index contributed by atoms with van der Waals surface area (Å²) < 4.78 is 21.0. The van der Waals surface area contributed by atoms with Gasteiger partial charge in [-0.05, 0) is 12.1 Å². The number of halogens is 1. The van der Waals surface area contributed by atoms with Gasteiger partial charge in [0.1, 0.15) is 6.10 Å². The van der Waals surface area contributed by atoms with Gasteiger partial charge < -0.3 is 29.2 Å². The molecule has 128 valence electrons. The minimum absolute atomic E-state index is 0.287. The van der Waals surface area contributed by atoms with E-state index in [0.717, 1.165) is 0 Å². The van der Waals surface area contributed by atoms with Gasteiger partial charge in [-0.3, -0.25) is 0 Å². The van der Waals surface area contributed by atoms with Crippen LogP contribution >= 0.6 is 15.9 Å². The Morgan fingerprint density at radius 3 is 2.43 bits per heavy atom. The molecule has 1 saturated heterocycles. The monoisotopic (exact) mass is 390 g/mol. The first kappa shape index (κ1) is 18.3. The highest BCUT2D eigenvalue weighted by Crippen LogP contribution is 2.33. The first-order valence-electron chi connectivity index (χ1n) is 6.93. The van der Waals surface area contributed by atoms with E-state index in [9.17, 15) is 15.0 Å². The van der Waals surface area contributed by atoms with Gasteiger partial charge in [0.15, 0.2) is 12.2 Å². The normalized spacial score (nSPS) is 30.0. The van der Waals surface area contributed by atoms with Crippen LogP contribution in [0.1, 0.15) is 10.4 Å². The van der Waals surface area contributed by atoms with Crippen LogP contribution in [-0.4, -0.2) is 66.1 Å². The Bertz CT molecular complexity index is 522. The average molecular weight is 391 g/mol. The van der Waals surface area contributed by atoms with E-state index in [2.05, 4.69) is 15.9 Å².